The van der Waals surface area contributed by atoms with Crippen LogP contribution in [0.5, 0.6) is 11.5 Å². The fourth-order valence-electron chi connectivity index (χ4n) is 2.83. The molecule has 7 nitrogen and oxygen atoms in total. The number of hydrogen-bond donors (Lipinski definition) is 2. The molecule has 0 radical (unpaired) electrons. The average Bonchev–Trinajstić information content (AvgIpc) is 2.75. The van der Waals surface area contributed by atoms with Crippen molar-refractivity contribution in [2.24, 2.45) is 0 Å². The molecule has 2 N–H and O–H groups in total. The highest BCUT2D eigenvalue weighted by Gasteiger charge is 2.16. The van der Waals surface area contributed by atoms with E-state index < -0.39 is 15.8 Å². The van der Waals surface area contributed by atoms with Gasteiger partial charge in [-0.1, -0.05) is 0 Å². The first-order valence-corrected chi connectivity index (χ1v) is 10.6. The number of methoxy groups -OCH3 is 2. The lowest BCUT2D eigenvalue weighted by atomic mass is 10.1. The van der Waals surface area contributed by atoms with Crippen molar-refractivity contribution in [2.45, 2.75) is 11.8 Å². The van der Waals surface area contributed by atoms with Crippen LogP contribution in [-0.2, 0) is 10.0 Å². The van der Waals surface area contributed by atoms with E-state index in [0.717, 1.165) is 17.7 Å². The Hall–Kier alpha value is -3.59. The van der Waals surface area contributed by atoms with Crippen LogP contribution in [0.15, 0.2) is 65.6 Å². The largest absolute Gasteiger partial charge is 0.493 e. The number of carbonyl (C=O) groups excluding carboxylic acids is 1. The monoisotopic (exact) mass is 444 g/mol. The molecule has 0 saturated carbocycles. The summed E-state index contributed by atoms with van der Waals surface area (Å²) in [4.78, 5) is 12.5. The van der Waals surface area contributed by atoms with Crippen molar-refractivity contribution >= 4 is 27.3 Å². The summed E-state index contributed by atoms with van der Waals surface area (Å²) in [6.07, 6.45) is 0. The number of sulfonamides is 1. The maximum absolute atomic E-state index is 13.0. The molecule has 162 valence electrons. The molecule has 3 aromatic carbocycles. The minimum absolute atomic E-state index is 0.0698. The maximum atomic E-state index is 13.0. The standard InChI is InChI=1S/C22H21FN2O5S/c1-14-12-20(29-2)21(30-3)13-19(14)24-22(26)15-4-8-17(9-5-15)25-31(27,28)18-10-6-16(23)7-11-18/h4-13,25H,1-3H3,(H,24,26). The number of rotatable bonds is 7. The third-order valence-corrected chi connectivity index (χ3v) is 5.90. The van der Waals surface area contributed by atoms with Crippen LogP contribution in [0, 0.1) is 12.7 Å². The molecule has 0 saturated heterocycles. The van der Waals surface area contributed by atoms with Crippen molar-refractivity contribution in [1.82, 2.24) is 0 Å². The summed E-state index contributed by atoms with van der Waals surface area (Å²) in [5.41, 5.74) is 1.94. The van der Waals surface area contributed by atoms with Crippen LogP contribution in [0.1, 0.15) is 15.9 Å². The van der Waals surface area contributed by atoms with Crippen LogP contribution in [-0.4, -0.2) is 28.5 Å². The molecule has 0 aromatic heterocycles. The van der Waals surface area contributed by atoms with Gasteiger partial charge in [0.05, 0.1) is 19.1 Å². The summed E-state index contributed by atoms with van der Waals surface area (Å²) in [6, 6.07) is 13.8. The van der Waals surface area contributed by atoms with Crippen molar-refractivity contribution in [3.63, 3.8) is 0 Å². The van der Waals surface area contributed by atoms with E-state index in [4.69, 9.17) is 9.47 Å². The zero-order valence-corrected chi connectivity index (χ0v) is 17.9. The summed E-state index contributed by atoms with van der Waals surface area (Å²) in [7, 11) is -0.841. The van der Waals surface area contributed by atoms with Crippen LogP contribution in [0.4, 0.5) is 15.8 Å². The fraction of sp³-hybridized carbons (Fsp3) is 0.136. The molecule has 0 fully saturated rings. The molecule has 0 aliphatic heterocycles. The Balaban J connectivity index is 1.74. The highest BCUT2D eigenvalue weighted by atomic mass is 32.2. The molecule has 1 amide bonds. The number of benzene rings is 3. The van der Waals surface area contributed by atoms with Crippen molar-refractivity contribution < 1.29 is 27.1 Å². The maximum Gasteiger partial charge on any atom is 0.261 e. The average molecular weight is 444 g/mol. The topological polar surface area (TPSA) is 93.7 Å². The molecule has 0 unspecified atom stereocenters. The number of amides is 1. The molecule has 0 aliphatic rings. The quantitative estimate of drug-likeness (QED) is 0.570. The molecule has 3 aromatic rings. The number of halogens is 1. The summed E-state index contributed by atoms with van der Waals surface area (Å²) < 4.78 is 50.7. The summed E-state index contributed by atoms with van der Waals surface area (Å²) in [5.74, 6) is 0.132. The zero-order valence-electron chi connectivity index (χ0n) is 17.1. The van der Waals surface area contributed by atoms with Gasteiger partial charge in [-0.05, 0) is 67.1 Å². The number of anilines is 2. The lowest BCUT2D eigenvalue weighted by Crippen LogP contribution is -2.14. The van der Waals surface area contributed by atoms with E-state index in [1.54, 1.807) is 12.1 Å². The number of ether oxygens (including phenoxy) is 2. The number of carbonyl (C=O) groups is 1. The van der Waals surface area contributed by atoms with E-state index in [9.17, 15) is 17.6 Å². The van der Waals surface area contributed by atoms with Crippen LogP contribution in [0.3, 0.4) is 0 Å². The van der Waals surface area contributed by atoms with Gasteiger partial charge in [0.25, 0.3) is 15.9 Å². The highest BCUT2D eigenvalue weighted by Crippen LogP contribution is 2.33. The van der Waals surface area contributed by atoms with Gasteiger partial charge >= 0.3 is 0 Å². The van der Waals surface area contributed by atoms with E-state index in [0.29, 0.717) is 22.7 Å². The third kappa shape index (κ3) is 5.13. The number of nitrogens with one attached hydrogen (secondary N) is 2. The second-order valence-electron chi connectivity index (χ2n) is 6.61. The Bertz CT molecular complexity index is 1190. The van der Waals surface area contributed by atoms with E-state index in [-0.39, 0.29) is 16.5 Å². The molecule has 0 bridgehead atoms. The van der Waals surface area contributed by atoms with Crippen molar-refractivity contribution in [3.8, 4) is 11.5 Å². The predicted octanol–water partition coefficient (Wildman–Crippen LogP) is 4.20. The third-order valence-electron chi connectivity index (χ3n) is 4.50. The lowest BCUT2D eigenvalue weighted by molar-refractivity contribution is 0.102. The summed E-state index contributed by atoms with van der Waals surface area (Å²) in [6.45, 7) is 1.82. The van der Waals surface area contributed by atoms with Gasteiger partial charge in [0.1, 0.15) is 5.82 Å². The minimum atomic E-state index is -3.87. The molecular weight excluding hydrogens is 423 g/mol. The Morgan fingerprint density at radius 3 is 2.06 bits per heavy atom. The molecule has 9 heteroatoms. The second kappa shape index (κ2) is 9.05. The van der Waals surface area contributed by atoms with Gasteiger partial charge in [-0.3, -0.25) is 9.52 Å². The molecule has 0 aliphatic carbocycles. The van der Waals surface area contributed by atoms with Gasteiger partial charge in [0.2, 0.25) is 0 Å². The van der Waals surface area contributed by atoms with Crippen LogP contribution >= 0.6 is 0 Å². The normalized spacial score (nSPS) is 11.0. The Kier molecular flexibility index (Phi) is 6.45. The Morgan fingerprint density at radius 1 is 0.903 bits per heavy atom. The molecular formula is C22H21FN2O5S. The van der Waals surface area contributed by atoms with Gasteiger partial charge in [-0.25, -0.2) is 12.8 Å². The van der Waals surface area contributed by atoms with Crippen LogP contribution in [0.25, 0.3) is 0 Å². The molecule has 31 heavy (non-hydrogen) atoms. The van der Waals surface area contributed by atoms with Crippen molar-refractivity contribution in [2.75, 3.05) is 24.3 Å². The number of aryl methyl sites for hydroxylation is 1. The van der Waals surface area contributed by atoms with Crippen molar-refractivity contribution in [3.05, 3.63) is 77.6 Å². The molecule has 0 spiro atoms. The van der Waals surface area contributed by atoms with Gasteiger partial charge in [-0.15, -0.1) is 0 Å². The molecule has 3 rings (SSSR count). The van der Waals surface area contributed by atoms with Gasteiger partial charge < -0.3 is 14.8 Å². The predicted molar refractivity (Wildman–Crippen MR) is 116 cm³/mol. The van der Waals surface area contributed by atoms with Gasteiger partial charge in [0, 0.05) is 23.0 Å². The van der Waals surface area contributed by atoms with E-state index >= 15 is 0 Å². The molecule has 0 atom stereocenters. The van der Waals surface area contributed by atoms with E-state index in [1.807, 2.05) is 6.92 Å². The van der Waals surface area contributed by atoms with E-state index in [2.05, 4.69) is 10.0 Å². The van der Waals surface area contributed by atoms with E-state index in [1.165, 1.54) is 50.6 Å². The van der Waals surface area contributed by atoms with Crippen molar-refractivity contribution in [1.29, 1.82) is 0 Å². The first kappa shape index (κ1) is 22.1. The van der Waals surface area contributed by atoms with Gasteiger partial charge in [0.15, 0.2) is 11.5 Å². The molecule has 0 heterocycles. The van der Waals surface area contributed by atoms with Gasteiger partial charge in [-0.2, -0.15) is 0 Å². The zero-order chi connectivity index (χ0) is 22.6. The smallest absolute Gasteiger partial charge is 0.261 e. The van der Waals surface area contributed by atoms with Crippen LogP contribution < -0.4 is 19.5 Å². The first-order chi connectivity index (χ1) is 14.7. The highest BCUT2D eigenvalue weighted by molar-refractivity contribution is 7.92. The Labute approximate surface area is 179 Å². The fourth-order valence-corrected chi connectivity index (χ4v) is 3.89. The summed E-state index contributed by atoms with van der Waals surface area (Å²) >= 11 is 0. The second-order valence-corrected chi connectivity index (χ2v) is 8.30. The minimum Gasteiger partial charge on any atom is -0.493 e. The number of hydrogen-bond acceptors (Lipinski definition) is 5. The summed E-state index contributed by atoms with van der Waals surface area (Å²) in [5, 5.41) is 2.80. The van der Waals surface area contributed by atoms with Crippen LogP contribution in [0.2, 0.25) is 0 Å². The Morgan fingerprint density at radius 2 is 1.48 bits per heavy atom. The SMILES string of the molecule is COc1cc(C)c(NC(=O)c2ccc(NS(=O)(=O)c3ccc(F)cc3)cc2)cc1OC. The first-order valence-electron chi connectivity index (χ1n) is 9.16. The lowest BCUT2D eigenvalue weighted by Gasteiger charge is -2.14.